The fourth-order valence-electron chi connectivity index (χ4n) is 5.47. The Kier molecular flexibility index (Phi) is 22.5. The smallest absolute Gasteiger partial charge is 0.411 e. The number of nitrogens with one attached hydrogen (secondary N) is 4. The Balaban J connectivity index is 0.000000341. The quantitative estimate of drug-likeness (QED) is 0.0329. The molecule has 0 spiro atoms. The molecule has 0 bridgehead atoms. The van der Waals surface area contributed by atoms with Crippen molar-refractivity contribution >= 4 is 58.9 Å². The summed E-state index contributed by atoms with van der Waals surface area (Å²) in [6.45, 7) is 7.64. The molecule has 0 unspecified atom stereocenters. The molecule has 4 rings (SSSR count). The minimum Gasteiger partial charge on any atom is -0.450 e. The molecule has 0 heterocycles. The van der Waals surface area contributed by atoms with E-state index in [1.165, 1.54) is 27.7 Å². The van der Waals surface area contributed by atoms with Gasteiger partial charge in [0, 0.05) is 46.7 Å². The fourth-order valence-corrected chi connectivity index (χ4v) is 5.47. The van der Waals surface area contributed by atoms with Crippen LogP contribution in [-0.2, 0) is 32.0 Å². The first-order valence-corrected chi connectivity index (χ1v) is 20.8. The Hall–Kier alpha value is -7.36. The minimum atomic E-state index is -0.568. The molecular formula is C48H56N4O12. The van der Waals surface area contributed by atoms with Crippen LogP contribution in [0.15, 0.2) is 97.1 Å². The van der Waals surface area contributed by atoms with Crippen molar-refractivity contribution in [2.24, 2.45) is 0 Å². The summed E-state index contributed by atoms with van der Waals surface area (Å²) < 4.78 is 20.4. The second-order valence-corrected chi connectivity index (χ2v) is 14.4. The molecule has 4 aromatic carbocycles. The Labute approximate surface area is 372 Å². The van der Waals surface area contributed by atoms with Crippen LogP contribution in [0, 0.1) is 0 Å². The number of carbonyl (C=O) groups is 8. The monoisotopic (exact) mass is 880 g/mol. The van der Waals surface area contributed by atoms with Gasteiger partial charge in [-0.2, -0.15) is 0 Å². The lowest BCUT2D eigenvalue weighted by Crippen LogP contribution is -2.24. The van der Waals surface area contributed by atoms with E-state index in [1.54, 1.807) is 97.1 Å². The first kappa shape index (κ1) is 51.0. The van der Waals surface area contributed by atoms with E-state index >= 15 is 0 Å². The SMILES string of the molecule is CC(=O)c1ccc(CNC(=O)OCCCCCOC(=O)NCc2ccc(C(C)=O)cc2)cc1.CC(=O)c1ccc(NC(=O)OCCCCCOC(=O)Nc2ccc(C(C)=O)cc2)cc1. The second kappa shape index (κ2) is 28.3. The number of ketones is 4. The van der Waals surface area contributed by atoms with E-state index in [4.69, 9.17) is 18.9 Å². The average molecular weight is 881 g/mol. The number of Topliss-reactive ketones (excluding diaryl/α,β-unsaturated/α-hetero) is 4. The molecule has 340 valence electrons. The minimum absolute atomic E-state index is 0.00255. The Morgan fingerprint density at radius 2 is 0.594 bits per heavy atom. The van der Waals surface area contributed by atoms with Crippen LogP contribution in [0.2, 0.25) is 0 Å². The number of amides is 4. The summed E-state index contributed by atoms with van der Waals surface area (Å²) in [6.07, 6.45) is 1.92. The summed E-state index contributed by atoms with van der Waals surface area (Å²) in [7, 11) is 0. The van der Waals surface area contributed by atoms with E-state index in [9.17, 15) is 38.4 Å². The lowest BCUT2D eigenvalue weighted by Gasteiger charge is -2.09. The highest BCUT2D eigenvalue weighted by molar-refractivity contribution is 5.96. The van der Waals surface area contributed by atoms with Gasteiger partial charge >= 0.3 is 24.4 Å². The van der Waals surface area contributed by atoms with Crippen molar-refractivity contribution in [3.8, 4) is 0 Å². The average Bonchev–Trinajstić information content (AvgIpc) is 3.27. The second-order valence-electron chi connectivity index (χ2n) is 14.4. The van der Waals surface area contributed by atoms with Crippen molar-refractivity contribution in [1.82, 2.24) is 10.6 Å². The number of benzene rings is 4. The summed E-state index contributed by atoms with van der Waals surface area (Å²) in [4.78, 5) is 91.9. The van der Waals surface area contributed by atoms with Crippen LogP contribution in [0.25, 0.3) is 0 Å². The number of alkyl carbamates (subject to hydrolysis) is 2. The molecule has 64 heavy (non-hydrogen) atoms. The molecule has 0 saturated heterocycles. The summed E-state index contributed by atoms with van der Waals surface area (Å²) in [5.41, 5.74) is 5.24. The molecule has 0 aliphatic carbocycles. The third-order valence-corrected chi connectivity index (χ3v) is 9.18. The van der Waals surface area contributed by atoms with Gasteiger partial charge in [-0.1, -0.05) is 48.5 Å². The molecule has 0 atom stereocenters. The molecule has 0 radical (unpaired) electrons. The van der Waals surface area contributed by atoms with Gasteiger partial charge < -0.3 is 29.6 Å². The number of ether oxygens (including phenoxy) is 4. The molecule has 0 fully saturated rings. The number of anilines is 2. The third-order valence-electron chi connectivity index (χ3n) is 9.18. The van der Waals surface area contributed by atoms with Gasteiger partial charge in [0.2, 0.25) is 0 Å². The predicted octanol–water partition coefficient (Wildman–Crippen LogP) is 9.47. The molecule has 4 N–H and O–H groups in total. The number of hydrogen-bond acceptors (Lipinski definition) is 12. The van der Waals surface area contributed by atoms with E-state index in [-0.39, 0.29) is 49.6 Å². The van der Waals surface area contributed by atoms with Gasteiger partial charge in [0.15, 0.2) is 23.1 Å². The third kappa shape index (κ3) is 20.9. The van der Waals surface area contributed by atoms with Gasteiger partial charge in [-0.25, -0.2) is 19.2 Å². The van der Waals surface area contributed by atoms with Crippen molar-refractivity contribution in [3.63, 3.8) is 0 Å². The lowest BCUT2D eigenvalue weighted by molar-refractivity contribution is 0.100. The molecule has 4 amide bonds. The Morgan fingerprint density at radius 3 is 0.859 bits per heavy atom. The number of hydrogen-bond donors (Lipinski definition) is 4. The zero-order valence-corrected chi connectivity index (χ0v) is 36.6. The van der Waals surface area contributed by atoms with Crippen molar-refractivity contribution in [2.75, 3.05) is 37.1 Å². The van der Waals surface area contributed by atoms with E-state index in [1.807, 2.05) is 0 Å². The van der Waals surface area contributed by atoms with Crippen LogP contribution in [0.3, 0.4) is 0 Å². The van der Waals surface area contributed by atoms with Gasteiger partial charge in [-0.05, 0) is 126 Å². The molecule has 16 nitrogen and oxygen atoms in total. The van der Waals surface area contributed by atoms with Crippen LogP contribution >= 0.6 is 0 Å². The largest absolute Gasteiger partial charge is 0.450 e. The molecular weight excluding hydrogens is 825 g/mol. The molecule has 0 aromatic heterocycles. The summed E-state index contributed by atoms with van der Waals surface area (Å²) in [5, 5.41) is 10.5. The number of unbranched alkanes of at least 4 members (excludes halogenated alkanes) is 4. The van der Waals surface area contributed by atoms with E-state index < -0.39 is 24.4 Å². The zero-order valence-electron chi connectivity index (χ0n) is 36.6. The standard InChI is InChI=1S/C25H30N2O6.C23H26N2O6/c1-18(28)22-10-6-20(7-11-22)16-26-24(30)32-14-4-3-5-15-33-25(31)27-17-21-8-12-23(13-9-21)19(2)29;1-16(26)18-6-10-20(11-7-18)24-22(28)30-14-4-3-5-15-31-23(29)25-21-12-8-19(9-13-21)17(2)27/h6-13H,3-5,14-17H2,1-2H3,(H,26,30)(H,27,31);6-13H,3-5,14-15H2,1-2H3,(H,24,28)(H,25,29). The Bertz CT molecular complexity index is 2000. The first-order chi connectivity index (χ1) is 30.7. The number of carbonyl (C=O) groups excluding carboxylic acids is 8. The van der Waals surface area contributed by atoms with Gasteiger partial charge in [0.1, 0.15) is 0 Å². The highest BCUT2D eigenvalue weighted by atomic mass is 16.6. The lowest BCUT2D eigenvalue weighted by atomic mass is 10.1. The van der Waals surface area contributed by atoms with Crippen LogP contribution < -0.4 is 21.3 Å². The van der Waals surface area contributed by atoms with Gasteiger partial charge in [0.05, 0.1) is 26.4 Å². The van der Waals surface area contributed by atoms with Crippen molar-refractivity contribution in [2.45, 2.75) is 79.3 Å². The topological polar surface area (TPSA) is 222 Å². The van der Waals surface area contributed by atoms with Crippen molar-refractivity contribution in [1.29, 1.82) is 0 Å². The van der Waals surface area contributed by atoms with Crippen LogP contribution in [-0.4, -0.2) is 73.9 Å². The van der Waals surface area contributed by atoms with Crippen molar-refractivity contribution in [3.05, 3.63) is 130 Å². The van der Waals surface area contributed by atoms with Crippen LogP contribution in [0.4, 0.5) is 30.6 Å². The van der Waals surface area contributed by atoms with E-state index in [0.717, 1.165) is 24.0 Å². The van der Waals surface area contributed by atoms with Crippen molar-refractivity contribution < 1.29 is 57.3 Å². The fraction of sp³-hybridized carbons (Fsp3) is 0.333. The van der Waals surface area contributed by atoms with Gasteiger partial charge in [-0.3, -0.25) is 29.8 Å². The maximum Gasteiger partial charge on any atom is 0.411 e. The predicted molar refractivity (Wildman–Crippen MR) is 240 cm³/mol. The molecule has 4 aromatic rings. The van der Waals surface area contributed by atoms with Crippen LogP contribution in [0.1, 0.15) is 119 Å². The normalized spacial score (nSPS) is 10.2. The first-order valence-electron chi connectivity index (χ1n) is 20.8. The maximum atomic E-state index is 11.7. The highest BCUT2D eigenvalue weighted by Gasteiger charge is 2.08. The van der Waals surface area contributed by atoms with Gasteiger partial charge in [0.25, 0.3) is 0 Å². The van der Waals surface area contributed by atoms with E-state index in [0.29, 0.717) is 72.4 Å². The molecule has 0 aliphatic heterocycles. The molecule has 0 saturated carbocycles. The zero-order chi connectivity index (χ0) is 46.7. The van der Waals surface area contributed by atoms with Crippen LogP contribution in [0.5, 0.6) is 0 Å². The summed E-state index contributed by atoms with van der Waals surface area (Å²) in [6, 6.07) is 27.1. The molecule has 16 heteroatoms. The maximum absolute atomic E-state index is 11.7. The van der Waals surface area contributed by atoms with E-state index in [2.05, 4.69) is 21.3 Å². The summed E-state index contributed by atoms with van der Waals surface area (Å²) in [5.74, 6) is -0.0904. The highest BCUT2D eigenvalue weighted by Crippen LogP contribution is 2.13. The number of rotatable bonds is 22. The Morgan fingerprint density at radius 1 is 0.344 bits per heavy atom. The van der Waals surface area contributed by atoms with Gasteiger partial charge in [-0.15, -0.1) is 0 Å². The molecule has 0 aliphatic rings. The summed E-state index contributed by atoms with van der Waals surface area (Å²) >= 11 is 0.